The smallest absolute Gasteiger partial charge is 0.193 e. The Morgan fingerprint density at radius 1 is 1.31 bits per heavy atom. The van der Waals surface area contributed by atoms with Crippen LogP contribution in [0.2, 0.25) is 0 Å². The van der Waals surface area contributed by atoms with Gasteiger partial charge in [0.25, 0.3) is 0 Å². The van der Waals surface area contributed by atoms with Gasteiger partial charge in [0.05, 0.1) is 17.8 Å². The van der Waals surface area contributed by atoms with E-state index in [1.807, 2.05) is 19.1 Å². The Morgan fingerprint density at radius 3 is 2.86 bits per heavy atom. The number of carbonyl (C=O) groups excluding carboxylic acids is 1. The average molecular weight is 394 g/mol. The van der Waals surface area contributed by atoms with E-state index in [9.17, 15) is 14.3 Å². The molecule has 2 N–H and O–H groups in total. The number of para-hydroxylation sites is 1. The van der Waals surface area contributed by atoms with Crippen LogP contribution in [0.4, 0.5) is 4.39 Å². The van der Waals surface area contributed by atoms with Crippen LogP contribution in [0.3, 0.4) is 0 Å². The molecule has 5 nitrogen and oxygen atoms in total. The molecule has 0 aliphatic carbocycles. The largest absolute Gasteiger partial charge is 0.494 e. The van der Waals surface area contributed by atoms with Crippen LogP contribution in [0, 0.1) is 5.82 Å². The molecule has 150 valence electrons. The maximum Gasteiger partial charge on any atom is 0.193 e. The molecule has 29 heavy (non-hydrogen) atoms. The SMILES string of the molecule is CCOc1ccc(-c2cc(C(=O)C(O)C3CCCN3)c3ccccc3n2)c(F)c1. The van der Waals surface area contributed by atoms with Crippen LogP contribution in [0.1, 0.15) is 30.1 Å². The molecule has 2 heterocycles. The average Bonchev–Trinajstić information content (AvgIpc) is 3.27. The maximum atomic E-state index is 14.7. The first-order chi connectivity index (χ1) is 14.1. The fourth-order valence-electron chi connectivity index (χ4n) is 3.80. The third kappa shape index (κ3) is 3.86. The number of aromatic nitrogens is 1. The molecule has 0 radical (unpaired) electrons. The summed E-state index contributed by atoms with van der Waals surface area (Å²) in [7, 11) is 0. The van der Waals surface area contributed by atoms with Crippen molar-refractivity contribution in [3.8, 4) is 17.0 Å². The fraction of sp³-hybridized carbons (Fsp3) is 0.304. The zero-order chi connectivity index (χ0) is 20.4. The Hall–Kier alpha value is -2.83. The highest BCUT2D eigenvalue weighted by molar-refractivity contribution is 6.10. The van der Waals surface area contributed by atoms with Gasteiger partial charge in [-0.15, -0.1) is 0 Å². The standard InChI is InChI=1S/C23H23FN2O3/c1-2-29-14-9-10-16(18(24)12-14)21-13-17(15-6-3-4-7-19(15)26-21)22(27)23(28)20-8-5-11-25-20/h3-4,6-7,9-10,12-13,20,23,25,28H,2,5,8,11H2,1H3. The lowest BCUT2D eigenvalue weighted by atomic mass is 9.95. The first kappa shape index (κ1) is 19.5. The highest BCUT2D eigenvalue weighted by atomic mass is 19.1. The lowest BCUT2D eigenvalue weighted by Gasteiger charge is -2.18. The number of carbonyl (C=O) groups is 1. The number of aliphatic hydroxyl groups is 1. The minimum Gasteiger partial charge on any atom is -0.494 e. The molecule has 0 bridgehead atoms. The molecule has 1 saturated heterocycles. The van der Waals surface area contributed by atoms with Crippen molar-refractivity contribution in [3.63, 3.8) is 0 Å². The van der Waals surface area contributed by atoms with Crippen LogP contribution in [0.5, 0.6) is 5.75 Å². The normalized spacial score (nSPS) is 17.4. The van der Waals surface area contributed by atoms with Crippen molar-refractivity contribution >= 4 is 16.7 Å². The molecule has 0 amide bonds. The molecule has 1 aliphatic heterocycles. The number of nitrogens with zero attached hydrogens (tertiary/aromatic N) is 1. The second kappa shape index (κ2) is 8.27. The summed E-state index contributed by atoms with van der Waals surface area (Å²) in [6, 6.07) is 13.1. The number of pyridine rings is 1. The van der Waals surface area contributed by atoms with E-state index in [-0.39, 0.29) is 17.4 Å². The molecular weight excluding hydrogens is 371 g/mol. The van der Waals surface area contributed by atoms with Gasteiger partial charge >= 0.3 is 0 Å². The van der Waals surface area contributed by atoms with E-state index in [2.05, 4.69) is 10.3 Å². The highest BCUT2D eigenvalue weighted by Crippen LogP contribution is 2.30. The lowest BCUT2D eigenvalue weighted by Crippen LogP contribution is -2.40. The van der Waals surface area contributed by atoms with E-state index in [1.165, 1.54) is 6.07 Å². The number of rotatable bonds is 6. The Labute approximate surface area is 168 Å². The number of hydrogen-bond donors (Lipinski definition) is 2. The monoisotopic (exact) mass is 394 g/mol. The number of fused-ring (bicyclic) bond motifs is 1. The Morgan fingerprint density at radius 2 is 2.14 bits per heavy atom. The first-order valence-corrected chi connectivity index (χ1v) is 9.86. The predicted molar refractivity (Wildman–Crippen MR) is 110 cm³/mol. The van der Waals surface area contributed by atoms with Crippen molar-refractivity contribution < 1.29 is 19.0 Å². The van der Waals surface area contributed by atoms with Crippen molar-refractivity contribution in [1.29, 1.82) is 0 Å². The summed E-state index contributed by atoms with van der Waals surface area (Å²) in [4.78, 5) is 17.7. The number of ketones is 1. The molecule has 0 spiro atoms. The van der Waals surface area contributed by atoms with E-state index in [4.69, 9.17) is 4.74 Å². The summed E-state index contributed by atoms with van der Waals surface area (Å²) in [5, 5.41) is 14.4. The van der Waals surface area contributed by atoms with Crippen LogP contribution in [0.25, 0.3) is 22.2 Å². The van der Waals surface area contributed by atoms with Crippen molar-refractivity contribution in [2.75, 3.05) is 13.2 Å². The van der Waals surface area contributed by atoms with Crippen molar-refractivity contribution in [1.82, 2.24) is 10.3 Å². The zero-order valence-electron chi connectivity index (χ0n) is 16.2. The molecule has 2 aromatic carbocycles. The fourth-order valence-corrected chi connectivity index (χ4v) is 3.80. The molecule has 4 rings (SSSR count). The van der Waals surface area contributed by atoms with Gasteiger partial charge in [-0.2, -0.15) is 0 Å². The number of ether oxygens (including phenoxy) is 1. The number of nitrogens with one attached hydrogen (secondary N) is 1. The summed E-state index contributed by atoms with van der Waals surface area (Å²) in [5.74, 6) is -0.417. The summed E-state index contributed by atoms with van der Waals surface area (Å²) >= 11 is 0. The second-order valence-electron chi connectivity index (χ2n) is 7.16. The summed E-state index contributed by atoms with van der Waals surface area (Å²) in [5.41, 5.74) is 1.55. The van der Waals surface area contributed by atoms with Gasteiger partial charge in [-0.1, -0.05) is 18.2 Å². The minimum absolute atomic E-state index is 0.264. The summed E-state index contributed by atoms with van der Waals surface area (Å²) in [6.45, 7) is 3.06. The van der Waals surface area contributed by atoms with E-state index >= 15 is 0 Å². The summed E-state index contributed by atoms with van der Waals surface area (Å²) < 4.78 is 20.1. The van der Waals surface area contributed by atoms with Crippen LogP contribution >= 0.6 is 0 Å². The molecular formula is C23H23FN2O3. The van der Waals surface area contributed by atoms with Crippen LogP contribution in [-0.2, 0) is 0 Å². The molecule has 2 unspecified atom stereocenters. The maximum absolute atomic E-state index is 14.7. The van der Waals surface area contributed by atoms with Gasteiger partial charge in [-0.25, -0.2) is 9.37 Å². The van der Waals surface area contributed by atoms with Crippen molar-refractivity contribution in [2.24, 2.45) is 0 Å². The van der Waals surface area contributed by atoms with Gasteiger partial charge in [0.15, 0.2) is 5.78 Å². The van der Waals surface area contributed by atoms with Gasteiger partial charge in [0.2, 0.25) is 0 Å². The molecule has 0 saturated carbocycles. The van der Waals surface area contributed by atoms with E-state index in [1.54, 1.807) is 30.3 Å². The molecule has 3 aromatic rings. The molecule has 1 fully saturated rings. The van der Waals surface area contributed by atoms with E-state index in [0.717, 1.165) is 19.4 Å². The molecule has 2 atom stereocenters. The second-order valence-corrected chi connectivity index (χ2v) is 7.16. The third-order valence-electron chi connectivity index (χ3n) is 5.26. The molecule has 6 heteroatoms. The van der Waals surface area contributed by atoms with E-state index < -0.39 is 11.9 Å². The summed E-state index contributed by atoms with van der Waals surface area (Å²) in [6.07, 6.45) is 0.520. The number of hydrogen-bond acceptors (Lipinski definition) is 5. The van der Waals surface area contributed by atoms with Crippen LogP contribution in [-0.4, -0.2) is 41.2 Å². The topological polar surface area (TPSA) is 71.5 Å². The molecule has 1 aliphatic rings. The van der Waals surface area contributed by atoms with Crippen LogP contribution < -0.4 is 10.1 Å². The highest BCUT2D eigenvalue weighted by Gasteiger charge is 2.30. The van der Waals surface area contributed by atoms with Crippen molar-refractivity contribution in [3.05, 3.63) is 59.9 Å². The minimum atomic E-state index is -1.15. The number of aliphatic hydroxyl groups excluding tert-OH is 1. The Balaban J connectivity index is 1.80. The third-order valence-corrected chi connectivity index (χ3v) is 5.26. The molecule has 1 aromatic heterocycles. The van der Waals surface area contributed by atoms with Gasteiger partial charge < -0.3 is 15.2 Å². The van der Waals surface area contributed by atoms with Crippen molar-refractivity contribution in [2.45, 2.75) is 31.9 Å². The van der Waals surface area contributed by atoms with Gasteiger partial charge in [-0.05, 0) is 50.6 Å². The zero-order valence-corrected chi connectivity index (χ0v) is 16.2. The van der Waals surface area contributed by atoms with E-state index in [0.29, 0.717) is 34.5 Å². The van der Waals surface area contributed by atoms with Crippen LogP contribution in [0.15, 0.2) is 48.5 Å². The van der Waals surface area contributed by atoms with Gasteiger partial charge in [-0.3, -0.25) is 4.79 Å². The number of Topliss-reactive ketones (excluding diaryl/α,β-unsaturated/α-hetero) is 1. The first-order valence-electron chi connectivity index (χ1n) is 9.86. The Kier molecular flexibility index (Phi) is 5.56. The predicted octanol–water partition coefficient (Wildman–Crippen LogP) is 3.74. The number of benzene rings is 2. The van der Waals surface area contributed by atoms with Gasteiger partial charge in [0.1, 0.15) is 17.7 Å². The lowest BCUT2D eigenvalue weighted by molar-refractivity contribution is 0.0678. The Bertz CT molecular complexity index is 1050. The van der Waals surface area contributed by atoms with Gasteiger partial charge in [0, 0.05) is 28.6 Å². The quantitative estimate of drug-likeness (QED) is 0.624. The number of halogens is 1.